The molecule has 2 heterocycles. The van der Waals surface area contributed by atoms with Gasteiger partial charge in [0.25, 0.3) is 0 Å². The van der Waals surface area contributed by atoms with Gasteiger partial charge in [-0.2, -0.15) is 0 Å². The summed E-state index contributed by atoms with van der Waals surface area (Å²) in [5, 5.41) is 1.23. The molecule has 0 spiro atoms. The number of fused-ring (bicyclic) bond motifs is 3. The Hall–Kier alpha value is -1.39. The molecular weight excluding hydrogens is 278 g/mol. The minimum Gasteiger partial charge on any atom is -0.325 e. The second-order valence-electron chi connectivity index (χ2n) is 4.14. The summed E-state index contributed by atoms with van der Waals surface area (Å²) in [5.41, 5.74) is 10.1. The van der Waals surface area contributed by atoms with Crippen LogP contribution in [0.15, 0.2) is 34.9 Å². The Bertz CT molecular complexity index is 715. The van der Waals surface area contributed by atoms with E-state index in [1.807, 2.05) is 6.20 Å². The first-order valence-electron chi connectivity index (χ1n) is 5.46. The van der Waals surface area contributed by atoms with Crippen molar-refractivity contribution in [1.29, 1.82) is 0 Å². The molecule has 3 rings (SSSR count). The van der Waals surface area contributed by atoms with Crippen LogP contribution in [-0.2, 0) is 6.54 Å². The SMILES string of the molecule is Cc1cc2ncc(CN)n2c2cc(Br)ccc12. The van der Waals surface area contributed by atoms with Gasteiger partial charge in [-0.3, -0.25) is 4.40 Å². The van der Waals surface area contributed by atoms with E-state index in [2.05, 4.69) is 56.5 Å². The summed E-state index contributed by atoms with van der Waals surface area (Å²) >= 11 is 3.51. The van der Waals surface area contributed by atoms with Gasteiger partial charge in [0.2, 0.25) is 0 Å². The van der Waals surface area contributed by atoms with Crippen molar-refractivity contribution < 1.29 is 0 Å². The molecule has 17 heavy (non-hydrogen) atoms. The van der Waals surface area contributed by atoms with Crippen molar-refractivity contribution in [3.8, 4) is 0 Å². The lowest BCUT2D eigenvalue weighted by atomic mass is 10.1. The quantitative estimate of drug-likeness (QED) is 0.748. The van der Waals surface area contributed by atoms with Crippen molar-refractivity contribution in [2.45, 2.75) is 13.5 Å². The Morgan fingerprint density at radius 3 is 2.94 bits per heavy atom. The molecule has 3 nitrogen and oxygen atoms in total. The van der Waals surface area contributed by atoms with E-state index in [9.17, 15) is 0 Å². The van der Waals surface area contributed by atoms with E-state index >= 15 is 0 Å². The molecule has 4 heteroatoms. The molecule has 0 bridgehead atoms. The summed E-state index contributed by atoms with van der Waals surface area (Å²) in [7, 11) is 0. The lowest BCUT2D eigenvalue weighted by Gasteiger charge is -2.08. The molecule has 0 fully saturated rings. The Balaban J connectivity index is 2.58. The Labute approximate surface area is 107 Å². The van der Waals surface area contributed by atoms with Gasteiger partial charge in [-0.1, -0.05) is 22.0 Å². The van der Waals surface area contributed by atoms with Crippen molar-refractivity contribution >= 4 is 32.5 Å². The third-order valence-corrected chi connectivity index (χ3v) is 3.54. The number of aromatic nitrogens is 2. The van der Waals surface area contributed by atoms with Crippen LogP contribution in [0.1, 0.15) is 11.3 Å². The molecule has 0 aliphatic rings. The number of aryl methyl sites for hydroxylation is 1. The summed E-state index contributed by atoms with van der Waals surface area (Å²) in [4.78, 5) is 4.40. The van der Waals surface area contributed by atoms with Gasteiger partial charge in [0.05, 0.1) is 17.4 Å². The zero-order valence-corrected chi connectivity index (χ0v) is 11.0. The van der Waals surface area contributed by atoms with Gasteiger partial charge in [-0.15, -0.1) is 0 Å². The number of benzene rings is 1. The standard InChI is InChI=1S/C13H12BrN3/c1-8-4-13-16-7-10(6-15)17(13)12-5-9(14)2-3-11(8)12/h2-5,7H,6,15H2,1H3. The molecular formula is C13H12BrN3. The van der Waals surface area contributed by atoms with Crippen molar-refractivity contribution in [2.75, 3.05) is 0 Å². The van der Waals surface area contributed by atoms with E-state index in [4.69, 9.17) is 5.73 Å². The molecule has 0 saturated heterocycles. The van der Waals surface area contributed by atoms with Crippen LogP contribution < -0.4 is 5.73 Å². The molecule has 2 aromatic heterocycles. The number of pyridine rings is 1. The van der Waals surface area contributed by atoms with Crippen LogP contribution in [0, 0.1) is 6.92 Å². The molecule has 86 valence electrons. The van der Waals surface area contributed by atoms with E-state index < -0.39 is 0 Å². The van der Waals surface area contributed by atoms with Crippen LogP contribution in [0.3, 0.4) is 0 Å². The van der Waals surface area contributed by atoms with Gasteiger partial charge < -0.3 is 5.73 Å². The lowest BCUT2D eigenvalue weighted by molar-refractivity contribution is 0.978. The first-order chi connectivity index (χ1) is 8.20. The number of imidazole rings is 1. The average molecular weight is 290 g/mol. The zero-order valence-electron chi connectivity index (χ0n) is 9.44. The van der Waals surface area contributed by atoms with E-state index in [0.717, 1.165) is 21.3 Å². The lowest BCUT2D eigenvalue weighted by Crippen LogP contribution is -2.02. The van der Waals surface area contributed by atoms with E-state index in [1.54, 1.807) is 0 Å². The Morgan fingerprint density at radius 2 is 2.18 bits per heavy atom. The zero-order chi connectivity index (χ0) is 12.0. The van der Waals surface area contributed by atoms with Crippen molar-refractivity contribution in [3.05, 3.63) is 46.2 Å². The minimum atomic E-state index is 0.492. The first kappa shape index (κ1) is 10.7. The second-order valence-corrected chi connectivity index (χ2v) is 5.05. The minimum absolute atomic E-state index is 0.492. The molecule has 0 radical (unpaired) electrons. The molecule has 1 aromatic carbocycles. The molecule has 2 N–H and O–H groups in total. The summed E-state index contributed by atoms with van der Waals surface area (Å²) in [6.45, 7) is 2.60. The third kappa shape index (κ3) is 1.56. The van der Waals surface area contributed by atoms with Gasteiger partial charge in [0.15, 0.2) is 0 Å². The molecule has 0 unspecified atom stereocenters. The first-order valence-corrected chi connectivity index (χ1v) is 6.25. The summed E-state index contributed by atoms with van der Waals surface area (Å²) in [6, 6.07) is 8.38. The predicted octanol–water partition coefficient (Wildman–Crippen LogP) is 3.02. The van der Waals surface area contributed by atoms with Gasteiger partial charge in [-0.05, 0) is 30.7 Å². The fourth-order valence-electron chi connectivity index (χ4n) is 2.22. The number of hydrogen-bond acceptors (Lipinski definition) is 2. The second kappa shape index (κ2) is 3.82. The molecule has 0 saturated carbocycles. The third-order valence-electron chi connectivity index (χ3n) is 3.04. The smallest absolute Gasteiger partial charge is 0.137 e. The van der Waals surface area contributed by atoms with Gasteiger partial charge in [0, 0.05) is 16.4 Å². The molecule has 0 aliphatic carbocycles. The van der Waals surface area contributed by atoms with Crippen LogP contribution in [-0.4, -0.2) is 9.38 Å². The van der Waals surface area contributed by atoms with Crippen LogP contribution in [0.2, 0.25) is 0 Å². The highest BCUT2D eigenvalue weighted by Crippen LogP contribution is 2.25. The summed E-state index contributed by atoms with van der Waals surface area (Å²) < 4.78 is 3.18. The van der Waals surface area contributed by atoms with Crippen molar-refractivity contribution in [3.63, 3.8) is 0 Å². The van der Waals surface area contributed by atoms with Crippen molar-refractivity contribution in [1.82, 2.24) is 9.38 Å². The highest BCUT2D eigenvalue weighted by Gasteiger charge is 2.08. The molecule has 0 amide bonds. The normalized spacial score (nSPS) is 11.5. The maximum absolute atomic E-state index is 5.75. The maximum atomic E-state index is 5.75. The fourth-order valence-corrected chi connectivity index (χ4v) is 2.57. The van der Waals surface area contributed by atoms with Crippen LogP contribution in [0.25, 0.3) is 16.6 Å². The Kier molecular flexibility index (Phi) is 2.42. The highest BCUT2D eigenvalue weighted by molar-refractivity contribution is 9.10. The van der Waals surface area contributed by atoms with Crippen LogP contribution >= 0.6 is 15.9 Å². The highest BCUT2D eigenvalue weighted by atomic mass is 79.9. The predicted molar refractivity (Wildman–Crippen MR) is 73.0 cm³/mol. The van der Waals surface area contributed by atoms with E-state index in [0.29, 0.717) is 6.54 Å². The number of hydrogen-bond donors (Lipinski definition) is 1. The van der Waals surface area contributed by atoms with E-state index in [-0.39, 0.29) is 0 Å². The number of halogens is 1. The van der Waals surface area contributed by atoms with E-state index in [1.165, 1.54) is 10.9 Å². The Morgan fingerprint density at radius 1 is 1.35 bits per heavy atom. The van der Waals surface area contributed by atoms with Gasteiger partial charge >= 0.3 is 0 Å². The number of rotatable bonds is 1. The fraction of sp³-hybridized carbons (Fsp3) is 0.154. The molecule has 0 aliphatic heterocycles. The van der Waals surface area contributed by atoms with Crippen molar-refractivity contribution in [2.24, 2.45) is 5.73 Å². The number of nitrogens with zero attached hydrogens (tertiary/aromatic N) is 2. The summed E-state index contributed by atoms with van der Waals surface area (Å²) in [6.07, 6.45) is 1.84. The average Bonchev–Trinajstić information content (AvgIpc) is 2.71. The molecule has 0 atom stereocenters. The van der Waals surface area contributed by atoms with Gasteiger partial charge in [-0.25, -0.2) is 4.98 Å². The van der Waals surface area contributed by atoms with Gasteiger partial charge in [0.1, 0.15) is 5.65 Å². The largest absolute Gasteiger partial charge is 0.325 e. The van der Waals surface area contributed by atoms with Crippen LogP contribution in [0.5, 0.6) is 0 Å². The number of nitrogens with two attached hydrogens (primary N) is 1. The maximum Gasteiger partial charge on any atom is 0.137 e. The summed E-state index contributed by atoms with van der Waals surface area (Å²) in [5.74, 6) is 0. The molecule has 3 aromatic rings. The topological polar surface area (TPSA) is 43.3 Å². The monoisotopic (exact) mass is 289 g/mol. The van der Waals surface area contributed by atoms with Crippen LogP contribution in [0.4, 0.5) is 0 Å².